The van der Waals surface area contributed by atoms with Crippen molar-refractivity contribution in [3.05, 3.63) is 71.8 Å². The Morgan fingerprint density at radius 1 is 0.789 bits per heavy atom. The van der Waals surface area contributed by atoms with Gasteiger partial charge in [-0.3, -0.25) is 0 Å². The molecule has 2 aromatic rings. The average molecular weight is 254 g/mol. The van der Waals surface area contributed by atoms with Crippen LogP contribution in [0.15, 0.2) is 60.7 Å². The van der Waals surface area contributed by atoms with E-state index in [2.05, 4.69) is 55.6 Å². The van der Waals surface area contributed by atoms with E-state index in [0.29, 0.717) is 6.04 Å². The SMILES string of the molecule is CC(C)N[C@@H](c1ccccc1)[C@@H](N)c1ccccc1. The maximum absolute atomic E-state index is 6.46. The van der Waals surface area contributed by atoms with Crippen LogP contribution in [-0.2, 0) is 0 Å². The lowest BCUT2D eigenvalue weighted by atomic mass is 9.93. The molecule has 100 valence electrons. The van der Waals surface area contributed by atoms with Crippen molar-refractivity contribution < 1.29 is 0 Å². The van der Waals surface area contributed by atoms with Crippen LogP contribution >= 0.6 is 0 Å². The third kappa shape index (κ3) is 3.66. The number of hydrogen-bond donors (Lipinski definition) is 2. The van der Waals surface area contributed by atoms with Gasteiger partial charge in [-0.05, 0) is 11.1 Å². The average Bonchev–Trinajstić information content (AvgIpc) is 2.46. The monoisotopic (exact) mass is 254 g/mol. The van der Waals surface area contributed by atoms with Crippen LogP contribution < -0.4 is 11.1 Å². The first-order valence-corrected chi connectivity index (χ1v) is 6.80. The summed E-state index contributed by atoms with van der Waals surface area (Å²) in [6.45, 7) is 4.29. The molecule has 0 aliphatic heterocycles. The molecule has 0 aliphatic carbocycles. The Hall–Kier alpha value is -1.64. The third-order valence-corrected chi connectivity index (χ3v) is 3.22. The molecule has 2 rings (SSSR count). The molecule has 2 atom stereocenters. The zero-order valence-corrected chi connectivity index (χ0v) is 11.6. The van der Waals surface area contributed by atoms with E-state index >= 15 is 0 Å². The van der Waals surface area contributed by atoms with Gasteiger partial charge in [-0.25, -0.2) is 0 Å². The van der Waals surface area contributed by atoms with Crippen LogP contribution in [0.4, 0.5) is 0 Å². The molecule has 0 bridgehead atoms. The van der Waals surface area contributed by atoms with Gasteiger partial charge in [0.25, 0.3) is 0 Å². The first-order valence-electron chi connectivity index (χ1n) is 6.80. The van der Waals surface area contributed by atoms with E-state index in [1.54, 1.807) is 0 Å². The van der Waals surface area contributed by atoms with E-state index in [9.17, 15) is 0 Å². The molecule has 0 radical (unpaired) electrons. The lowest BCUT2D eigenvalue weighted by molar-refractivity contribution is 0.415. The molecule has 2 nitrogen and oxygen atoms in total. The fourth-order valence-electron chi connectivity index (χ4n) is 2.29. The molecule has 3 N–H and O–H groups in total. The smallest absolute Gasteiger partial charge is 0.0518 e. The Kier molecular flexibility index (Phi) is 4.72. The van der Waals surface area contributed by atoms with Gasteiger partial charge >= 0.3 is 0 Å². The van der Waals surface area contributed by atoms with Crippen molar-refractivity contribution in [2.75, 3.05) is 0 Å². The van der Waals surface area contributed by atoms with E-state index in [1.807, 2.05) is 24.3 Å². The summed E-state index contributed by atoms with van der Waals surface area (Å²) in [5.41, 5.74) is 8.84. The lowest BCUT2D eigenvalue weighted by Crippen LogP contribution is -2.35. The van der Waals surface area contributed by atoms with Crippen molar-refractivity contribution in [3.8, 4) is 0 Å². The van der Waals surface area contributed by atoms with Crippen molar-refractivity contribution in [2.45, 2.75) is 32.0 Å². The summed E-state index contributed by atoms with van der Waals surface area (Å²) >= 11 is 0. The number of nitrogens with one attached hydrogen (secondary N) is 1. The fraction of sp³-hybridized carbons (Fsp3) is 0.294. The summed E-state index contributed by atoms with van der Waals surface area (Å²) in [6.07, 6.45) is 0. The van der Waals surface area contributed by atoms with Gasteiger partial charge in [-0.1, -0.05) is 74.5 Å². The quantitative estimate of drug-likeness (QED) is 0.858. The third-order valence-electron chi connectivity index (χ3n) is 3.22. The molecule has 19 heavy (non-hydrogen) atoms. The van der Waals surface area contributed by atoms with Crippen molar-refractivity contribution in [3.63, 3.8) is 0 Å². The van der Waals surface area contributed by atoms with Crippen LogP contribution in [0.5, 0.6) is 0 Å². The topological polar surface area (TPSA) is 38.0 Å². The second-order valence-electron chi connectivity index (χ2n) is 5.15. The summed E-state index contributed by atoms with van der Waals surface area (Å²) in [7, 11) is 0. The van der Waals surface area contributed by atoms with E-state index < -0.39 is 0 Å². The van der Waals surface area contributed by atoms with E-state index in [1.165, 1.54) is 5.56 Å². The minimum atomic E-state index is -0.0500. The van der Waals surface area contributed by atoms with Gasteiger partial charge in [0.2, 0.25) is 0 Å². The molecule has 0 aliphatic rings. The predicted octanol–water partition coefficient (Wildman–Crippen LogP) is 3.43. The summed E-state index contributed by atoms with van der Waals surface area (Å²) in [5.74, 6) is 0. The minimum Gasteiger partial charge on any atom is -0.322 e. The number of nitrogens with two attached hydrogens (primary N) is 1. The minimum absolute atomic E-state index is 0.0500. The Morgan fingerprint density at radius 3 is 1.74 bits per heavy atom. The van der Waals surface area contributed by atoms with Gasteiger partial charge in [0, 0.05) is 12.1 Å². The molecule has 0 amide bonds. The number of benzene rings is 2. The molecule has 0 spiro atoms. The first kappa shape index (κ1) is 13.8. The van der Waals surface area contributed by atoms with Crippen molar-refractivity contribution in [1.82, 2.24) is 5.32 Å². The van der Waals surface area contributed by atoms with Crippen LogP contribution in [-0.4, -0.2) is 6.04 Å². The Bertz CT molecular complexity index is 479. The molecule has 0 saturated heterocycles. The van der Waals surface area contributed by atoms with Gasteiger partial charge in [0.1, 0.15) is 0 Å². The highest BCUT2D eigenvalue weighted by molar-refractivity contribution is 5.27. The summed E-state index contributed by atoms with van der Waals surface area (Å²) in [4.78, 5) is 0. The fourth-order valence-corrected chi connectivity index (χ4v) is 2.29. The van der Waals surface area contributed by atoms with E-state index in [0.717, 1.165) is 5.56 Å². The summed E-state index contributed by atoms with van der Waals surface area (Å²) in [5, 5.41) is 3.57. The molecule has 0 heterocycles. The molecule has 0 aromatic heterocycles. The highest BCUT2D eigenvalue weighted by Gasteiger charge is 2.21. The molecule has 2 aromatic carbocycles. The van der Waals surface area contributed by atoms with Gasteiger partial charge in [0.15, 0.2) is 0 Å². The maximum Gasteiger partial charge on any atom is 0.0518 e. The molecule has 0 saturated carbocycles. The highest BCUT2D eigenvalue weighted by atomic mass is 15.0. The lowest BCUT2D eigenvalue weighted by Gasteiger charge is -2.28. The van der Waals surface area contributed by atoms with Crippen LogP contribution in [0.2, 0.25) is 0 Å². The number of hydrogen-bond acceptors (Lipinski definition) is 2. The van der Waals surface area contributed by atoms with Gasteiger partial charge < -0.3 is 11.1 Å². The largest absolute Gasteiger partial charge is 0.322 e. The van der Waals surface area contributed by atoms with Gasteiger partial charge in [-0.2, -0.15) is 0 Å². The standard InChI is InChI=1S/C17H22N2/c1-13(2)19-17(15-11-7-4-8-12-15)16(18)14-9-5-3-6-10-14/h3-13,16-17,19H,18H2,1-2H3/t16-,17-/m0/s1. The Morgan fingerprint density at radius 2 is 1.26 bits per heavy atom. The first-order chi connectivity index (χ1) is 9.18. The zero-order valence-electron chi connectivity index (χ0n) is 11.6. The van der Waals surface area contributed by atoms with Crippen LogP contribution in [0.25, 0.3) is 0 Å². The highest BCUT2D eigenvalue weighted by Crippen LogP contribution is 2.27. The second kappa shape index (κ2) is 6.50. The summed E-state index contributed by atoms with van der Waals surface area (Å²) < 4.78 is 0. The van der Waals surface area contributed by atoms with Crippen LogP contribution in [0, 0.1) is 0 Å². The van der Waals surface area contributed by atoms with Crippen LogP contribution in [0.3, 0.4) is 0 Å². The zero-order chi connectivity index (χ0) is 13.7. The van der Waals surface area contributed by atoms with Crippen LogP contribution in [0.1, 0.15) is 37.1 Å². The number of rotatable bonds is 5. The van der Waals surface area contributed by atoms with E-state index in [4.69, 9.17) is 5.73 Å². The van der Waals surface area contributed by atoms with Crippen molar-refractivity contribution >= 4 is 0 Å². The summed E-state index contributed by atoms with van der Waals surface area (Å²) in [6, 6.07) is 21.1. The normalized spacial score (nSPS) is 14.3. The predicted molar refractivity (Wildman–Crippen MR) is 80.8 cm³/mol. The Labute approximate surface area is 115 Å². The van der Waals surface area contributed by atoms with Gasteiger partial charge in [0.05, 0.1) is 6.04 Å². The molecular formula is C17H22N2. The second-order valence-corrected chi connectivity index (χ2v) is 5.15. The Balaban J connectivity index is 2.28. The molecule has 2 heteroatoms. The maximum atomic E-state index is 6.46. The van der Waals surface area contributed by atoms with Crippen molar-refractivity contribution in [2.24, 2.45) is 5.73 Å². The van der Waals surface area contributed by atoms with Gasteiger partial charge in [-0.15, -0.1) is 0 Å². The molecule has 0 unspecified atom stereocenters. The molecular weight excluding hydrogens is 232 g/mol. The molecule has 0 fully saturated rings. The van der Waals surface area contributed by atoms with Crippen molar-refractivity contribution in [1.29, 1.82) is 0 Å². The van der Waals surface area contributed by atoms with E-state index in [-0.39, 0.29) is 12.1 Å².